The minimum absolute atomic E-state index is 0.0999. The van der Waals surface area contributed by atoms with Crippen molar-refractivity contribution in [2.24, 2.45) is 0 Å². The maximum Gasteiger partial charge on any atom is 0.230 e. The van der Waals surface area contributed by atoms with Gasteiger partial charge in [-0.3, -0.25) is 14.5 Å². The lowest BCUT2D eigenvalue weighted by Gasteiger charge is -2.16. The van der Waals surface area contributed by atoms with Gasteiger partial charge in [-0.2, -0.15) is 11.8 Å². The number of likely N-dealkylation sites (N-methyl/N-ethyl adjacent to an activating group) is 1. The number of nitrogens with zero attached hydrogens (tertiary/aromatic N) is 1. The fourth-order valence-electron chi connectivity index (χ4n) is 0.915. The zero-order valence-corrected chi connectivity index (χ0v) is 9.76. The average Bonchev–Trinajstić information content (AvgIpc) is 2.18. The van der Waals surface area contributed by atoms with Gasteiger partial charge in [-0.15, -0.1) is 0 Å². The van der Waals surface area contributed by atoms with Gasteiger partial charge in [0.15, 0.2) is 0 Å². The van der Waals surface area contributed by atoms with Gasteiger partial charge in [-0.05, 0) is 13.3 Å². The lowest BCUT2D eigenvalue weighted by molar-refractivity contribution is -0.137. The Bertz CT molecular complexity index is 188. The Morgan fingerprint density at radius 2 is 2.29 bits per heavy atom. The molecule has 14 heavy (non-hydrogen) atoms. The summed E-state index contributed by atoms with van der Waals surface area (Å²) >= 11 is 1.63. The molecule has 0 aliphatic rings. The molecule has 0 spiro atoms. The normalized spacial score (nSPS) is 12.2. The molecule has 0 aliphatic carbocycles. The molecule has 0 saturated heterocycles. The van der Waals surface area contributed by atoms with E-state index >= 15 is 0 Å². The first-order chi connectivity index (χ1) is 6.65. The quantitative estimate of drug-likeness (QED) is 0.626. The molecule has 0 aromatic heterocycles. The van der Waals surface area contributed by atoms with Crippen molar-refractivity contribution >= 4 is 24.1 Å². The lowest BCUT2D eigenvalue weighted by atomic mass is 10.3. The van der Waals surface area contributed by atoms with Gasteiger partial charge in [0.2, 0.25) is 12.3 Å². The van der Waals surface area contributed by atoms with Crippen molar-refractivity contribution in [2.45, 2.75) is 18.6 Å². The smallest absolute Gasteiger partial charge is 0.230 e. The van der Waals surface area contributed by atoms with E-state index in [1.165, 1.54) is 4.90 Å². The predicted octanol–water partition coefficient (Wildman–Crippen LogP) is 0.332. The Morgan fingerprint density at radius 1 is 1.64 bits per heavy atom. The number of nitrogens with one attached hydrogen (secondary N) is 1. The van der Waals surface area contributed by atoms with Gasteiger partial charge < -0.3 is 5.32 Å². The van der Waals surface area contributed by atoms with Crippen LogP contribution in [-0.2, 0) is 9.59 Å². The van der Waals surface area contributed by atoms with Crippen LogP contribution in [0.2, 0.25) is 0 Å². The summed E-state index contributed by atoms with van der Waals surface area (Å²) in [6.07, 6.45) is 2.98. The van der Waals surface area contributed by atoms with Gasteiger partial charge in [0.1, 0.15) is 0 Å². The highest BCUT2D eigenvalue weighted by atomic mass is 32.2. The third kappa shape index (κ3) is 5.24. The summed E-state index contributed by atoms with van der Waals surface area (Å²) in [6, 6.07) is 0. The van der Waals surface area contributed by atoms with Crippen molar-refractivity contribution in [3.63, 3.8) is 0 Å². The maximum atomic E-state index is 11.5. The monoisotopic (exact) mass is 218 g/mol. The van der Waals surface area contributed by atoms with Crippen LogP contribution in [-0.4, -0.2) is 48.9 Å². The van der Waals surface area contributed by atoms with Gasteiger partial charge in [0.25, 0.3) is 0 Å². The Morgan fingerprint density at radius 3 is 2.71 bits per heavy atom. The minimum Gasteiger partial charge on any atom is -0.318 e. The average molecular weight is 218 g/mol. The highest BCUT2D eigenvalue weighted by Crippen LogP contribution is 2.10. The SMILES string of the molecule is CNCCN(C=O)C(=O)CC(C)SC. The van der Waals surface area contributed by atoms with Crippen molar-refractivity contribution in [1.29, 1.82) is 0 Å². The predicted molar refractivity (Wildman–Crippen MR) is 59.3 cm³/mol. The molecule has 0 rings (SSSR count). The van der Waals surface area contributed by atoms with E-state index in [-0.39, 0.29) is 11.2 Å². The van der Waals surface area contributed by atoms with Gasteiger partial charge in [-0.25, -0.2) is 0 Å². The van der Waals surface area contributed by atoms with Crippen LogP contribution < -0.4 is 5.32 Å². The second-order valence-corrected chi connectivity index (χ2v) is 4.32. The van der Waals surface area contributed by atoms with Gasteiger partial charge in [0.05, 0.1) is 0 Å². The Kier molecular flexibility index (Phi) is 7.51. The molecule has 2 amide bonds. The zero-order chi connectivity index (χ0) is 11.0. The molecule has 0 saturated carbocycles. The molecular formula is C9H18N2O2S. The molecule has 5 heteroatoms. The van der Waals surface area contributed by atoms with E-state index in [9.17, 15) is 9.59 Å². The number of hydrogen-bond donors (Lipinski definition) is 1. The van der Waals surface area contributed by atoms with Crippen LogP contribution >= 0.6 is 11.8 Å². The van der Waals surface area contributed by atoms with Crippen LogP contribution in [0.15, 0.2) is 0 Å². The molecule has 0 aromatic carbocycles. The van der Waals surface area contributed by atoms with Crippen molar-refractivity contribution in [1.82, 2.24) is 10.2 Å². The number of hydrogen-bond acceptors (Lipinski definition) is 4. The van der Waals surface area contributed by atoms with Crippen molar-refractivity contribution in [3.8, 4) is 0 Å². The topological polar surface area (TPSA) is 49.4 Å². The highest BCUT2D eigenvalue weighted by Gasteiger charge is 2.14. The number of rotatable bonds is 7. The Labute approximate surface area is 89.4 Å². The highest BCUT2D eigenvalue weighted by molar-refractivity contribution is 7.99. The molecule has 0 aliphatic heterocycles. The van der Waals surface area contributed by atoms with E-state index in [1.807, 2.05) is 13.2 Å². The number of carbonyl (C=O) groups is 2. The third-order valence-electron chi connectivity index (χ3n) is 1.91. The number of carbonyl (C=O) groups excluding carboxylic acids is 2. The van der Waals surface area contributed by atoms with E-state index in [1.54, 1.807) is 18.8 Å². The first-order valence-electron chi connectivity index (χ1n) is 4.57. The Balaban J connectivity index is 3.97. The fourth-order valence-corrected chi connectivity index (χ4v) is 1.22. The molecule has 0 aromatic rings. The number of thioether (sulfide) groups is 1. The molecule has 1 atom stereocenters. The van der Waals surface area contributed by atoms with Gasteiger partial charge in [0, 0.05) is 24.8 Å². The van der Waals surface area contributed by atoms with Crippen molar-refractivity contribution < 1.29 is 9.59 Å². The summed E-state index contributed by atoms with van der Waals surface area (Å²) in [4.78, 5) is 23.3. The van der Waals surface area contributed by atoms with E-state index in [2.05, 4.69) is 5.32 Å². The molecule has 0 fully saturated rings. The first kappa shape index (κ1) is 13.4. The molecule has 4 nitrogen and oxygen atoms in total. The molecule has 82 valence electrons. The molecule has 1 N–H and O–H groups in total. The van der Waals surface area contributed by atoms with Crippen LogP contribution in [0, 0.1) is 0 Å². The minimum atomic E-state index is -0.0999. The summed E-state index contributed by atoms with van der Waals surface area (Å²) in [5.41, 5.74) is 0. The van der Waals surface area contributed by atoms with Crippen LogP contribution in [0.3, 0.4) is 0 Å². The van der Waals surface area contributed by atoms with Crippen LogP contribution in [0.25, 0.3) is 0 Å². The van der Waals surface area contributed by atoms with E-state index < -0.39 is 0 Å². The number of amides is 2. The lowest BCUT2D eigenvalue weighted by Crippen LogP contribution is -2.36. The number of imide groups is 1. The second kappa shape index (κ2) is 7.82. The summed E-state index contributed by atoms with van der Waals surface area (Å²) in [5, 5.41) is 3.16. The standard InChI is InChI=1S/C9H18N2O2S/c1-8(14-3)6-9(13)11(7-12)5-4-10-2/h7-8,10H,4-6H2,1-3H3. The third-order valence-corrected chi connectivity index (χ3v) is 2.89. The zero-order valence-electron chi connectivity index (χ0n) is 8.95. The molecule has 0 heterocycles. The van der Waals surface area contributed by atoms with Crippen LogP contribution in [0.5, 0.6) is 0 Å². The first-order valence-corrected chi connectivity index (χ1v) is 5.86. The molecule has 0 bridgehead atoms. The van der Waals surface area contributed by atoms with E-state index in [4.69, 9.17) is 0 Å². The fraction of sp³-hybridized carbons (Fsp3) is 0.778. The van der Waals surface area contributed by atoms with Crippen LogP contribution in [0.4, 0.5) is 0 Å². The molecule has 0 radical (unpaired) electrons. The second-order valence-electron chi connectivity index (χ2n) is 3.05. The van der Waals surface area contributed by atoms with Crippen molar-refractivity contribution in [2.75, 3.05) is 26.4 Å². The maximum absolute atomic E-state index is 11.5. The summed E-state index contributed by atoms with van der Waals surface area (Å²) in [5.74, 6) is -0.0999. The summed E-state index contributed by atoms with van der Waals surface area (Å²) < 4.78 is 0. The molecule has 1 unspecified atom stereocenters. The Hall–Kier alpha value is -0.550. The largest absolute Gasteiger partial charge is 0.318 e. The van der Waals surface area contributed by atoms with E-state index in [0.717, 1.165) is 0 Å². The van der Waals surface area contributed by atoms with Crippen molar-refractivity contribution in [3.05, 3.63) is 0 Å². The van der Waals surface area contributed by atoms with Crippen LogP contribution in [0.1, 0.15) is 13.3 Å². The summed E-state index contributed by atoms with van der Waals surface area (Å²) in [6.45, 7) is 3.06. The van der Waals surface area contributed by atoms with Gasteiger partial charge in [-0.1, -0.05) is 6.92 Å². The summed E-state index contributed by atoms with van der Waals surface area (Å²) in [7, 11) is 1.79. The molecular weight excluding hydrogens is 200 g/mol. The van der Waals surface area contributed by atoms with E-state index in [0.29, 0.717) is 25.9 Å². The van der Waals surface area contributed by atoms with Gasteiger partial charge >= 0.3 is 0 Å².